The number of hydrogen-bond acceptors (Lipinski definition) is 4. The molecule has 1 spiro atoms. The number of fused-ring (bicyclic) bond motifs is 17. The van der Waals surface area contributed by atoms with E-state index in [1.54, 1.807) is 0 Å². The Balaban J connectivity index is 0.941. The third kappa shape index (κ3) is 4.78. The SMILES string of the molecule is CC1(C)c2ccccc2-c2c(N(c3ccc(-c4ccc5c6c4Oc4ccccc4N6c4ccccc4O5)cc3)c3ccc4c(c3)C3(c5ccccc5-c5ccccc53)c3ccccc3-4)cccc21. The standard InChI is InChI=1S/C64H42N2O2/c1-63(2)48-20-7-6-19-47(48)60-52(63)24-15-27-56(60)65(41-34-35-46-45-18-5-10-23-51(45)64(53(46)38-41)49-21-8-3-16-43(49)44-17-4-9-22-50(44)64)40-32-30-39(31-33-40)42-36-37-59-61-62(42)68-58-29-14-12-26-55(58)66(61)54-25-11-13-28-57(54)67-59/h3-38H,1-2H3. The zero-order valence-electron chi connectivity index (χ0n) is 37.5. The van der Waals surface area contributed by atoms with E-state index in [0.717, 1.165) is 68.2 Å². The molecule has 4 nitrogen and oxygen atoms in total. The Morgan fingerprint density at radius 1 is 0.382 bits per heavy atom. The molecule has 0 atom stereocenters. The summed E-state index contributed by atoms with van der Waals surface area (Å²) in [4.78, 5) is 4.79. The van der Waals surface area contributed by atoms with Gasteiger partial charge >= 0.3 is 0 Å². The fraction of sp³-hybridized carbons (Fsp3) is 0.0625. The molecule has 320 valence electrons. The molecule has 3 aliphatic carbocycles. The average Bonchev–Trinajstić information content (AvgIpc) is 3.95. The van der Waals surface area contributed by atoms with Crippen molar-refractivity contribution in [1.29, 1.82) is 0 Å². The predicted octanol–water partition coefficient (Wildman–Crippen LogP) is 17.2. The normalized spacial score (nSPS) is 14.8. The molecule has 0 radical (unpaired) electrons. The van der Waals surface area contributed by atoms with E-state index in [0.29, 0.717) is 0 Å². The van der Waals surface area contributed by atoms with Crippen LogP contribution in [0.4, 0.5) is 34.1 Å². The number of rotatable bonds is 4. The zero-order chi connectivity index (χ0) is 44.9. The quantitative estimate of drug-likeness (QED) is 0.176. The highest BCUT2D eigenvalue weighted by atomic mass is 16.5. The summed E-state index contributed by atoms with van der Waals surface area (Å²) < 4.78 is 13.4. The smallest absolute Gasteiger partial charge is 0.163 e. The lowest BCUT2D eigenvalue weighted by molar-refractivity contribution is 0.447. The maximum atomic E-state index is 6.88. The van der Waals surface area contributed by atoms with Gasteiger partial charge in [-0.25, -0.2) is 0 Å². The fourth-order valence-electron chi connectivity index (χ4n) is 12.6. The van der Waals surface area contributed by atoms with Crippen LogP contribution in [0.5, 0.6) is 23.0 Å². The molecule has 2 aliphatic heterocycles. The van der Waals surface area contributed by atoms with Gasteiger partial charge in [-0.1, -0.05) is 166 Å². The Morgan fingerprint density at radius 3 is 1.56 bits per heavy atom. The van der Waals surface area contributed by atoms with E-state index in [-0.39, 0.29) is 5.41 Å². The highest BCUT2D eigenvalue weighted by Gasteiger charge is 2.52. The van der Waals surface area contributed by atoms with Gasteiger partial charge in [0.05, 0.1) is 22.5 Å². The van der Waals surface area contributed by atoms with Crippen molar-refractivity contribution >= 4 is 34.1 Å². The van der Waals surface area contributed by atoms with Crippen molar-refractivity contribution < 1.29 is 9.47 Å². The molecule has 0 saturated heterocycles. The minimum atomic E-state index is -0.470. The Morgan fingerprint density at radius 2 is 0.897 bits per heavy atom. The Bertz CT molecular complexity index is 3730. The largest absolute Gasteiger partial charge is 0.453 e. The van der Waals surface area contributed by atoms with Gasteiger partial charge in [-0.2, -0.15) is 0 Å². The zero-order valence-corrected chi connectivity index (χ0v) is 37.5. The molecular weight excluding hydrogens is 829 g/mol. The monoisotopic (exact) mass is 870 g/mol. The van der Waals surface area contributed by atoms with Gasteiger partial charge in [-0.15, -0.1) is 0 Å². The Hall–Kier alpha value is -8.60. The van der Waals surface area contributed by atoms with Crippen LogP contribution in [0.15, 0.2) is 218 Å². The summed E-state index contributed by atoms with van der Waals surface area (Å²) in [6.07, 6.45) is 0. The van der Waals surface area contributed by atoms with Crippen LogP contribution in [0.25, 0.3) is 44.5 Å². The molecular formula is C64H42N2O2. The second-order valence-electron chi connectivity index (χ2n) is 19.1. The third-order valence-electron chi connectivity index (χ3n) is 15.5. The van der Waals surface area contributed by atoms with Crippen LogP contribution in [0.2, 0.25) is 0 Å². The van der Waals surface area contributed by atoms with Crippen molar-refractivity contribution in [2.75, 3.05) is 9.80 Å². The maximum absolute atomic E-state index is 6.88. The summed E-state index contributed by atoms with van der Waals surface area (Å²) in [6, 6.07) is 80.0. The summed E-state index contributed by atoms with van der Waals surface area (Å²) in [5.41, 5.74) is 23.4. The first-order chi connectivity index (χ1) is 33.5. The molecule has 0 saturated carbocycles. The molecule has 15 rings (SSSR count). The number of hydrogen-bond donors (Lipinski definition) is 0. The van der Waals surface area contributed by atoms with Crippen LogP contribution in [0, 0.1) is 0 Å². The third-order valence-corrected chi connectivity index (χ3v) is 15.5. The van der Waals surface area contributed by atoms with Crippen molar-refractivity contribution in [3.8, 4) is 67.5 Å². The second-order valence-corrected chi connectivity index (χ2v) is 19.1. The predicted molar refractivity (Wildman–Crippen MR) is 275 cm³/mol. The van der Waals surface area contributed by atoms with Crippen LogP contribution in [-0.2, 0) is 10.8 Å². The number of benzene rings is 10. The van der Waals surface area contributed by atoms with Crippen LogP contribution >= 0.6 is 0 Å². The Labute approximate surface area is 395 Å². The molecule has 4 heteroatoms. The first-order valence-electron chi connectivity index (χ1n) is 23.6. The van der Waals surface area contributed by atoms with Crippen LogP contribution < -0.4 is 19.3 Å². The van der Waals surface area contributed by atoms with Crippen molar-refractivity contribution in [2.45, 2.75) is 24.7 Å². The van der Waals surface area contributed by atoms with E-state index >= 15 is 0 Å². The first kappa shape index (κ1) is 37.6. The van der Waals surface area contributed by atoms with Gasteiger partial charge in [0.25, 0.3) is 0 Å². The number of anilines is 6. The van der Waals surface area contributed by atoms with Gasteiger partial charge in [0.1, 0.15) is 5.69 Å². The molecule has 0 bridgehead atoms. The summed E-state index contributed by atoms with van der Waals surface area (Å²) in [5, 5.41) is 0. The number of nitrogens with zero attached hydrogens (tertiary/aromatic N) is 2. The lowest BCUT2D eigenvalue weighted by atomic mass is 9.70. The number of ether oxygens (including phenoxy) is 2. The van der Waals surface area contributed by atoms with Gasteiger partial charge in [-0.05, 0) is 133 Å². The highest BCUT2D eigenvalue weighted by Crippen LogP contribution is 2.65. The molecule has 0 fully saturated rings. The van der Waals surface area contributed by atoms with Crippen LogP contribution in [0.3, 0.4) is 0 Å². The van der Waals surface area contributed by atoms with Crippen molar-refractivity contribution in [2.24, 2.45) is 0 Å². The minimum absolute atomic E-state index is 0.164. The summed E-state index contributed by atoms with van der Waals surface area (Å²) in [6.45, 7) is 4.73. The molecule has 0 unspecified atom stereocenters. The van der Waals surface area contributed by atoms with E-state index in [9.17, 15) is 0 Å². The summed E-state index contributed by atoms with van der Waals surface area (Å²) in [5.74, 6) is 3.18. The molecule has 10 aromatic carbocycles. The van der Waals surface area contributed by atoms with E-state index in [4.69, 9.17) is 9.47 Å². The Kier molecular flexibility index (Phi) is 7.46. The number of para-hydroxylation sites is 4. The van der Waals surface area contributed by atoms with E-state index in [2.05, 4.69) is 218 Å². The van der Waals surface area contributed by atoms with Gasteiger partial charge in [0.2, 0.25) is 0 Å². The molecule has 0 N–H and O–H groups in total. The lowest BCUT2D eigenvalue weighted by Gasteiger charge is -2.38. The van der Waals surface area contributed by atoms with E-state index in [1.165, 1.54) is 66.8 Å². The molecule has 0 aromatic heterocycles. The maximum Gasteiger partial charge on any atom is 0.163 e. The summed E-state index contributed by atoms with van der Waals surface area (Å²) >= 11 is 0. The van der Waals surface area contributed by atoms with E-state index in [1.807, 2.05) is 24.3 Å². The average molecular weight is 871 g/mol. The molecule has 0 amide bonds. The highest BCUT2D eigenvalue weighted by molar-refractivity contribution is 6.01. The van der Waals surface area contributed by atoms with Crippen LogP contribution in [-0.4, -0.2) is 0 Å². The van der Waals surface area contributed by atoms with Gasteiger partial charge in [0, 0.05) is 27.9 Å². The molecule has 2 heterocycles. The summed E-state index contributed by atoms with van der Waals surface area (Å²) in [7, 11) is 0. The van der Waals surface area contributed by atoms with Crippen LogP contribution in [0.1, 0.15) is 47.2 Å². The minimum Gasteiger partial charge on any atom is -0.453 e. The lowest BCUT2D eigenvalue weighted by Crippen LogP contribution is -2.26. The van der Waals surface area contributed by atoms with Crippen molar-refractivity contribution in [3.05, 3.63) is 252 Å². The fourth-order valence-corrected chi connectivity index (χ4v) is 12.6. The van der Waals surface area contributed by atoms with Gasteiger partial charge in [0.15, 0.2) is 23.0 Å². The molecule has 10 aromatic rings. The molecule has 68 heavy (non-hydrogen) atoms. The van der Waals surface area contributed by atoms with Crippen molar-refractivity contribution in [1.82, 2.24) is 0 Å². The van der Waals surface area contributed by atoms with Gasteiger partial charge in [-0.3, -0.25) is 4.90 Å². The second kappa shape index (κ2) is 13.5. The van der Waals surface area contributed by atoms with Crippen molar-refractivity contribution in [3.63, 3.8) is 0 Å². The van der Waals surface area contributed by atoms with Gasteiger partial charge < -0.3 is 14.4 Å². The first-order valence-corrected chi connectivity index (χ1v) is 23.6. The van der Waals surface area contributed by atoms with E-state index < -0.39 is 5.41 Å². The topological polar surface area (TPSA) is 24.9 Å². The molecule has 5 aliphatic rings.